The molecule has 4 rings (SSSR count). The molecule has 1 aromatic rings. The van der Waals surface area contributed by atoms with E-state index >= 15 is 0 Å². The number of nitrogens with one attached hydrogen (secondary N) is 1. The van der Waals surface area contributed by atoms with Crippen LogP contribution in [0.15, 0.2) is 5.57 Å². The predicted molar refractivity (Wildman–Crippen MR) is 95.8 cm³/mol. The van der Waals surface area contributed by atoms with Crippen molar-refractivity contribution >= 4 is 11.4 Å². The van der Waals surface area contributed by atoms with Gasteiger partial charge in [-0.3, -0.25) is 4.68 Å². The number of fused-ring (bicyclic) bond motifs is 2. The molecule has 1 aromatic heterocycles. The molecule has 1 saturated heterocycles. The van der Waals surface area contributed by atoms with Crippen LogP contribution in [0.1, 0.15) is 69.0 Å². The second kappa shape index (κ2) is 6.31. The number of aryl methyl sites for hydroxylation is 1. The Morgan fingerprint density at radius 1 is 1.17 bits per heavy atom. The Kier molecular flexibility index (Phi) is 4.18. The van der Waals surface area contributed by atoms with Gasteiger partial charge in [0, 0.05) is 25.1 Å². The van der Waals surface area contributed by atoms with Crippen molar-refractivity contribution in [2.24, 2.45) is 7.05 Å². The van der Waals surface area contributed by atoms with Gasteiger partial charge in [0.05, 0.1) is 5.69 Å². The molecule has 4 heteroatoms. The minimum Gasteiger partial charge on any atom is -0.366 e. The fourth-order valence-corrected chi connectivity index (χ4v) is 4.73. The lowest BCUT2D eigenvalue weighted by Crippen LogP contribution is -2.33. The Morgan fingerprint density at radius 2 is 1.96 bits per heavy atom. The molecule has 0 atom stereocenters. The van der Waals surface area contributed by atoms with E-state index in [0.717, 1.165) is 6.54 Å². The molecule has 0 aromatic carbocycles. The van der Waals surface area contributed by atoms with Crippen molar-refractivity contribution in [3.63, 3.8) is 0 Å². The monoisotopic (exact) mass is 314 g/mol. The van der Waals surface area contributed by atoms with Gasteiger partial charge >= 0.3 is 0 Å². The lowest BCUT2D eigenvalue weighted by atomic mass is 9.81. The molecule has 3 aliphatic rings. The Morgan fingerprint density at radius 3 is 2.74 bits per heavy atom. The molecule has 0 radical (unpaired) electrons. The predicted octanol–water partition coefficient (Wildman–Crippen LogP) is 3.76. The van der Waals surface area contributed by atoms with Gasteiger partial charge in [0.1, 0.15) is 5.82 Å². The zero-order valence-corrected chi connectivity index (χ0v) is 14.7. The van der Waals surface area contributed by atoms with Gasteiger partial charge < -0.3 is 10.2 Å². The van der Waals surface area contributed by atoms with E-state index in [0.29, 0.717) is 5.92 Å². The maximum Gasteiger partial charge on any atom is 0.132 e. The van der Waals surface area contributed by atoms with Crippen LogP contribution in [0.3, 0.4) is 0 Å². The molecule has 0 spiro atoms. The van der Waals surface area contributed by atoms with E-state index in [1.165, 1.54) is 81.7 Å². The molecule has 4 nitrogen and oxygen atoms in total. The van der Waals surface area contributed by atoms with E-state index in [2.05, 4.69) is 28.9 Å². The van der Waals surface area contributed by atoms with Gasteiger partial charge in [-0.15, -0.1) is 0 Å². The van der Waals surface area contributed by atoms with E-state index < -0.39 is 0 Å². The highest BCUT2D eigenvalue weighted by Crippen LogP contribution is 2.44. The molecule has 1 fully saturated rings. The summed E-state index contributed by atoms with van der Waals surface area (Å²) in [5, 5.41) is 8.63. The maximum atomic E-state index is 4.98. The third-order valence-corrected chi connectivity index (χ3v) is 5.94. The van der Waals surface area contributed by atoms with Crippen molar-refractivity contribution in [1.82, 2.24) is 14.7 Å². The molecule has 2 aliphatic heterocycles. The van der Waals surface area contributed by atoms with Crippen LogP contribution < -0.4 is 5.32 Å². The summed E-state index contributed by atoms with van der Waals surface area (Å²) < 4.78 is 2.10. The summed E-state index contributed by atoms with van der Waals surface area (Å²) in [7, 11) is 2.11. The topological polar surface area (TPSA) is 33.1 Å². The highest BCUT2D eigenvalue weighted by Gasteiger charge is 2.32. The van der Waals surface area contributed by atoms with Crippen LogP contribution in [-0.2, 0) is 7.05 Å². The van der Waals surface area contributed by atoms with Gasteiger partial charge in [-0.2, -0.15) is 5.10 Å². The number of allylic oxidation sites excluding steroid dienone is 1. The average Bonchev–Trinajstić information content (AvgIpc) is 2.93. The first-order chi connectivity index (χ1) is 11.3. The van der Waals surface area contributed by atoms with Crippen LogP contribution >= 0.6 is 0 Å². The largest absolute Gasteiger partial charge is 0.366 e. The fraction of sp³-hybridized carbons (Fsp3) is 0.737. The van der Waals surface area contributed by atoms with Crippen molar-refractivity contribution < 1.29 is 0 Å². The Labute approximate surface area is 139 Å². The molecular formula is C19H30N4. The lowest BCUT2D eigenvalue weighted by Gasteiger charge is -2.32. The van der Waals surface area contributed by atoms with Crippen LogP contribution in [0, 0.1) is 0 Å². The molecule has 0 bridgehead atoms. The normalized spacial score (nSPS) is 22.7. The number of hydrogen-bond acceptors (Lipinski definition) is 3. The molecule has 126 valence electrons. The maximum absolute atomic E-state index is 4.98. The number of piperidine rings is 1. The minimum atomic E-state index is 0.647. The Hall–Kier alpha value is -1.29. The van der Waals surface area contributed by atoms with Crippen molar-refractivity contribution in [2.45, 2.75) is 57.8 Å². The number of likely N-dealkylation sites (tertiary alicyclic amines) is 1. The zero-order chi connectivity index (χ0) is 15.8. The lowest BCUT2D eigenvalue weighted by molar-refractivity contribution is 0.211. The molecule has 0 saturated carbocycles. The van der Waals surface area contributed by atoms with Gasteiger partial charge in [-0.1, -0.05) is 6.92 Å². The summed E-state index contributed by atoms with van der Waals surface area (Å²) >= 11 is 0. The van der Waals surface area contributed by atoms with Crippen LogP contribution in [0.5, 0.6) is 0 Å². The third-order valence-electron chi connectivity index (χ3n) is 5.94. The number of rotatable bonds is 3. The first-order valence-electron chi connectivity index (χ1n) is 9.52. The van der Waals surface area contributed by atoms with E-state index in [-0.39, 0.29) is 0 Å². The minimum absolute atomic E-state index is 0.647. The van der Waals surface area contributed by atoms with Gasteiger partial charge in [0.25, 0.3) is 0 Å². The Balaban J connectivity index is 1.63. The van der Waals surface area contributed by atoms with Crippen LogP contribution in [0.2, 0.25) is 0 Å². The molecule has 0 amide bonds. The smallest absolute Gasteiger partial charge is 0.132 e. The Bertz CT molecular complexity index is 605. The second-order valence-electron chi connectivity index (χ2n) is 7.49. The van der Waals surface area contributed by atoms with Crippen molar-refractivity contribution in [3.8, 4) is 0 Å². The van der Waals surface area contributed by atoms with Crippen LogP contribution in [0.25, 0.3) is 5.57 Å². The summed E-state index contributed by atoms with van der Waals surface area (Å²) in [6, 6.07) is 0. The van der Waals surface area contributed by atoms with Crippen LogP contribution in [-0.4, -0.2) is 40.9 Å². The van der Waals surface area contributed by atoms with Gasteiger partial charge in [0.15, 0.2) is 0 Å². The van der Waals surface area contributed by atoms with Crippen LogP contribution in [0.4, 0.5) is 5.82 Å². The highest BCUT2D eigenvalue weighted by molar-refractivity contribution is 5.82. The number of anilines is 1. The molecule has 23 heavy (non-hydrogen) atoms. The first kappa shape index (κ1) is 15.3. The molecular weight excluding hydrogens is 284 g/mol. The highest BCUT2D eigenvalue weighted by atomic mass is 15.3. The van der Waals surface area contributed by atoms with E-state index in [4.69, 9.17) is 5.10 Å². The summed E-state index contributed by atoms with van der Waals surface area (Å²) in [5.74, 6) is 1.92. The number of aromatic nitrogens is 2. The fourth-order valence-electron chi connectivity index (χ4n) is 4.73. The van der Waals surface area contributed by atoms with Gasteiger partial charge in [-0.05, 0) is 75.7 Å². The SMILES string of the molecule is CCCN1CCC(c2nn(C)c3c2C2=C(CCCC2)CN3)CC1. The number of hydrogen-bond donors (Lipinski definition) is 1. The molecule has 1 N–H and O–H groups in total. The summed E-state index contributed by atoms with van der Waals surface area (Å²) in [4.78, 5) is 2.62. The van der Waals surface area contributed by atoms with Crippen molar-refractivity contribution in [3.05, 3.63) is 16.8 Å². The molecule has 0 unspecified atom stereocenters. The second-order valence-corrected chi connectivity index (χ2v) is 7.49. The van der Waals surface area contributed by atoms with E-state index in [1.54, 1.807) is 11.1 Å². The number of nitrogens with zero attached hydrogens (tertiary/aromatic N) is 3. The molecule has 1 aliphatic carbocycles. The molecule has 3 heterocycles. The van der Waals surface area contributed by atoms with Crippen molar-refractivity contribution in [2.75, 3.05) is 31.5 Å². The quantitative estimate of drug-likeness (QED) is 0.922. The summed E-state index contributed by atoms with van der Waals surface area (Å²) in [5.41, 5.74) is 6.17. The zero-order valence-electron chi connectivity index (χ0n) is 14.7. The summed E-state index contributed by atoms with van der Waals surface area (Å²) in [6.45, 7) is 7.05. The van der Waals surface area contributed by atoms with E-state index in [1.807, 2.05) is 0 Å². The summed E-state index contributed by atoms with van der Waals surface area (Å²) in [6.07, 6.45) is 9.06. The van der Waals surface area contributed by atoms with Gasteiger partial charge in [0.2, 0.25) is 0 Å². The average molecular weight is 314 g/mol. The third kappa shape index (κ3) is 2.71. The standard InChI is InChI=1S/C19H30N4/c1-3-10-23-11-8-14(9-12-23)18-17-16-7-5-4-6-15(16)13-20-19(17)22(2)21-18/h14,20H,3-13H2,1-2H3. The van der Waals surface area contributed by atoms with E-state index in [9.17, 15) is 0 Å². The van der Waals surface area contributed by atoms with Crippen molar-refractivity contribution in [1.29, 1.82) is 0 Å². The van der Waals surface area contributed by atoms with Gasteiger partial charge in [-0.25, -0.2) is 0 Å². The first-order valence-corrected chi connectivity index (χ1v) is 9.52.